The fourth-order valence-corrected chi connectivity index (χ4v) is 1.76. The number of nitrogens with zero attached hydrogens (tertiary/aromatic N) is 4. The first-order chi connectivity index (χ1) is 11.4. The molecule has 0 spiro atoms. The number of amides is 1. The number of ether oxygens (including phenoxy) is 1. The van der Waals surface area contributed by atoms with Crippen LogP contribution >= 0.6 is 0 Å². The van der Waals surface area contributed by atoms with Gasteiger partial charge in [0, 0.05) is 6.07 Å². The summed E-state index contributed by atoms with van der Waals surface area (Å²) >= 11 is 0. The first kappa shape index (κ1) is 17.3. The second kappa shape index (κ2) is 7.49. The van der Waals surface area contributed by atoms with Gasteiger partial charge in [-0.15, -0.1) is 0 Å². The normalized spacial score (nSPS) is 10.7. The van der Waals surface area contributed by atoms with E-state index in [1.807, 2.05) is 13.8 Å². The zero-order valence-electron chi connectivity index (χ0n) is 13.5. The summed E-state index contributed by atoms with van der Waals surface area (Å²) < 4.78 is 9.98. The summed E-state index contributed by atoms with van der Waals surface area (Å²) in [6, 6.07) is 1.37. The van der Waals surface area contributed by atoms with Crippen LogP contribution in [0.1, 0.15) is 25.3 Å². The van der Waals surface area contributed by atoms with E-state index in [4.69, 9.17) is 9.26 Å². The molecular formula is C14H17N5O5. The van der Waals surface area contributed by atoms with Gasteiger partial charge in [-0.1, -0.05) is 19.0 Å². The topological polar surface area (TPSA) is 133 Å². The third kappa shape index (κ3) is 4.48. The van der Waals surface area contributed by atoms with Gasteiger partial charge in [0.2, 0.25) is 11.7 Å². The van der Waals surface area contributed by atoms with E-state index >= 15 is 0 Å². The quantitative estimate of drug-likeness (QED) is 0.627. The van der Waals surface area contributed by atoms with Crippen LogP contribution in [0, 0.1) is 23.0 Å². The maximum absolute atomic E-state index is 11.5. The molecule has 0 aliphatic rings. The Morgan fingerprint density at radius 1 is 1.50 bits per heavy atom. The van der Waals surface area contributed by atoms with Gasteiger partial charge >= 0.3 is 6.09 Å². The van der Waals surface area contributed by atoms with Crippen LogP contribution in [-0.4, -0.2) is 32.7 Å². The fraction of sp³-hybridized carbons (Fsp3) is 0.429. The average molecular weight is 335 g/mol. The number of hydrogen-bond donors (Lipinski definition) is 1. The number of alkyl carbamates (subject to hydrolysis) is 1. The molecule has 1 N–H and O–H groups in total. The molecule has 0 saturated heterocycles. The lowest BCUT2D eigenvalue weighted by atomic mass is 10.2. The molecule has 0 unspecified atom stereocenters. The number of pyridine rings is 1. The van der Waals surface area contributed by atoms with Crippen LogP contribution in [0.25, 0.3) is 11.5 Å². The van der Waals surface area contributed by atoms with Gasteiger partial charge < -0.3 is 14.6 Å². The Labute approximate surface area is 137 Å². The minimum absolute atomic E-state index is 0.00988. The van der Waals surface area contributed by atoms with E-state index in [9.17, 15) is 14.9 Å². The number of nitrogens with one attached hydrogen (secondary N) is 1. The lowest BCUT2D eigenvalue weighted by Gasteiger charge is -2.06. The van der Waals surface area contributed by atoms with E-state index in [0.717, 1.165) is 6.20 Å². The van der Waals surface area contributed by atoms with Crippen LogP contribution in [-0.2, 0) is 11.3 Å². The highest BCUT2D eigenvalue weighted by Gasteiger charge is 2.16. The van der Waals surface area contributed by atoms with Gasteiger partial charge in [0.15, 0.2) is 0 Å². The molecular weight excluding hydrogens is 318 g/mol. The number of rotatable bonds is 6. The van der Waals surface area contributed by atoms with Gasteiger partial charge in [-0.2, -0.15) is 4.98 Å². The molecule has 0 fully saturated rings. The molecule has 128 valence electrons. The highest BCUT2D eigenvalue weighted by molar-refractivity contribution is 5.67. The molecule has 0 radical (unpaired) electrons. The Kier molecular flexibility index (Phi) is 5.40. The second-order valence-corrected chi connectivity index (χ2v) is 5.47. The molecule has 2 heterocycles. The predicted octanol–water partition coefficient (Wildman–Crippen LogP) is 2.23. The molecule has 1 amide bonds. The van der Waals surface area contributed by atoms with Crippen LogP contribution in [0.4, 0.5) is 10.5 Å². The van der Waals surface area contributed by atoms with E-state index in [0.29, 0.717) is 17.9 Å². The lowest BCUT2D eigenvalue weighted by Crippen LogP contribution is -2.25. The molecule has 0 atom stereocenters. The molecule has 0 aliphatic carbocycles. The largest absolute Gasteiger partial charge is 0.449 e. The summed E-state index contributed by atoms with van der Waals surface area (Å²) in [5.41, 5.74) is 0.799. The molecule has 10 heteroatoms. The summed E-state index contributed by atoms with van der Waals surface area (Å²) in [5, 5.41) is 17.0. The van der Waals surface area contributed by atoms with E-state index in [-0.39, 0.29) is 29.9 Å². The number of nitro groups is 1. The number of carbonyl (C=O) groups is 1. The molecule has 10 nitrogen and oxygen atoms in total. The highest BCUT2D eigenvalue weighted by atomic mass is 16.6. The monoisotopic (exact) mass is 335 g/mol. The molecule has 24 heavy (non-hydrogen) atoms. The van der Waals surface area contributed by atoms with Gasteiger partial charge in [-0.25, -0.2) is 9.78 Å². The van der Waals surface area contributed by atoms with Crippen molar-refractivity contribution in [2.24, 2.45) is 5.92 Å². The van der Waals surface area contributed by atoms with E-state index in [1.165, 1.54) is 6.07 Å². The number of hydrogen-bond acceptors (Lipinski definition) is 8. The minimum atomic E-state index is -0.576. The summed E-state index contributed by atoms with van der Waals surface area (Å²) in [5.74, 6) is 0.600. The number of aryl methyl sites for hydroxylation is 1. The van der Waals surface area contributed by atoms with Gasteiger partial charge in [-0.3, -0.25) is 10.1 Å². The van der Waals surface area contributed by atoms with E-state index < -0.39 is 11.0 Å². The van der Waals surface area contributed by atoms with Crippen molar-refractivity contribution in [2.75, 3.05) is 6.61 Å². The van der Waals surface area contributed by atoms with Gasteiger partial charge in [0.1, 0.15) is 18.4 Å². The summed E-state index contributed by atoms with van der Waals surface area (Å²) in [4.78, 5) is 29.7. The van der Waals surface area contributed by atoms with Crippen molar-refractivity contribution in [1.29, 1.82) is 0 Å². The minimum Gasteiger partial charge on any atom is -0.449 e. The standard InChI is InChI=1S/C14H17N5O5/c1-8(2)7-23-14(20)16-6-11-17-13(18-24-11)12-9(3)4-10(5-15-12)19(21)22/h4-5,8H,6-7H2,1-3H3,(H,16,20). The highest BCUT2D eigenvalue weighted by Crippen LogP contribution is 2.21. The number of carbonyl (C=O) groups excluding carboxylic acids is 1. The molecule has 0 aliphatic heterocycles. The maximum atomic E-state index is 11.5. The Balaban J connectivity index is 2.00. The van der Waals surface area contributed by atoms with Crippen LogP contribution < -0.4 is 5.32 Å². The Bertz CT molecular complexity index is 743. The van der Waals surface area contributed by atoms with E-state index in [2.05, 4.69) is 20.4 Å². The SMILES string of the molecule is Cc1cc([N+](=O)[O-])cnc1-c1noc(CNC(=O)OCC(C)C)n1. The third-order valence-corrected chi connectivity index (χ3v) is 2.89. The molecule has 0 aromatic carbocycles. The van der Waals surface area contributed by atoms with Gasteiger partial charge in [0.25, 0.3) is 5.69 Å². The van der Waals surface area contributed by atoms with Crippen molar-refractivity contribution in [1.82, 2.24) is 20.4 Å². The third-order valence-electron chi connectivity index (χ3n) is 2.89. The first-order valence-electron chi connectivity index (χ1n) is 7.21. The van der Waals surface area contributed by atoms with Gasteiger partial charge in [-0.05, 0) is 18.4 Å². The zero-order chi connectivity index (χ0) is 17.7. The summed E-state index contributed by atoms with van der Waals surface area (Å²) in [6.07, 6.45) is 0.549. The number of aromatic nitrogens is 3. The molecule has 2 rings (SSSR count). The first-order valence-corrected chi connectivity index (χ1v) is 7.21. The van der Waals surface area contributed by atoms with Crippen LogP contribution in [0.2, 0.25) is 0 Å². The van der Waals surface area contributed by atoms with Crippen molar-refractivity contribution in [3.63, 3.8) is 0 Å². The van der Waals surface area contributed by atoms with Crippen molar-refractivity contribution >= 4 is 11.8 Å². The Hall–Kier alpha value is -3.04. The lowest BCUT2D eigenvalue weighted by molar-refractivity contribution is -0.385. The van der Waals surface area contributed by atoms with E-state index in [1.54, 1.807) is 6.92 Å². The van der Waals surface area contributed by atoms with Crippen LogP contribution in [0.5, 0.6) is 0 Å². The molecule has 0 saturated carbocycles. The van der Waals surface area contributed by atoms with Gasteiger partial charge in [0.05, 0.1) is 11.5 Å². The second-order valence-electron chi connectivity index (χ2n) is 5.47. The smallest absolute Gasteiger partial charge is 0.407 e. The molecule has 2 aromatic heterocycles. The van der Waals surface area contributed by atoms with Crippen LogP contribution in [0.3, 0.4) is 0 Å². The summed E-state index contributed by atoms with van der Waals surface area (Å²) in [6.45, 7) is 5.84. The van der Waals surface area contributed by atoms with Crippen molar-refractivity contribution < 1.29 is 19.0 Å². The van der Waals surface area contributed by atoms with Crippen molar-refractivity contribution in [3.8, 4) is 11.5 Å². The molecule has 2 aromatic rings. The Morgan fingerprint density at radius 3 is 2.88 bits per heavy atom. The summed E-state index contributed by atoms with van der Waals surface area (Å²) in [7, 11) is 0. The molecule has 0 bridgehead atoms. The predicted molar refractivity (Wildman–Crippen MR) is 81.9 cm³/mol. The fourth-order valence-electron chi connectivity index (χ4n) is 1.76. The Morgan fingerprint density at radius 2 is 2.25 bits per heavy atom. The maximum Gasteiger partial charge on any atom is 0.407 e. The van der Waals surface area contributed by atoms with Crippen LogP contribution in [0.15, 0.2) is 16.8 Å². The van der Waals surface area contributed by atoms with Crippen molar-refractivity contribution in [2.45, 2.75) is 27.3 Å². The van der Waals surface area contributed by atoms with Crippen molar-refractivity contribution in [3.05, 3.63) is 33.8 Å². The average Bonchev–Trinajstić information content (AvgIpc) is 2.99. The zero-order valence-corrected chi connectivity index (χ0v) is 13.5.